The first kappa shape index (κ1) is 15.5. The van der Waals surface area contributed by atoms with Crippen LogP contribution in [0.15, 0.2) is 0 Å². The van der Waals surface area contributed by atoms with E-state index in [0.717, 1.165) is 38.5 Å². The predicted octanol–water partition coefficient (Wildman–Crippen LogP) is 3.72. The fourth-order valence-corrected chi connectivity index (χ4v) is 2.84. The summed E-state index contributed by atoms with van der Waals surface area (Å²) >= 11 is 0. The number of aliphatic carboxylic acids is 1. The Kier molecular flexibility index (Phi) is 6.69. The molecule has 18 heavy (non-hydrogen) atoms. The Morgan fingerprint density at radius 1 is 1.22 bits per heavy atom. The minimum atomic E-state index is -0.732. The van der Waals surface area contributed by atoms with Crippen molar-refractivity contribution in [3.63, 3.8) is 0 Å². The Morgan fingerprint density at radius 2 is 1.83 bits per heavy atom. The lowest BCUT2D eigenvalue weighted by molar-refractivity contribution is -0.145. The van der Waals surface area contributed by atoms with Crippen LogP contribution in [0.2, 0.25) is 0 Å². The highest BCUT2D eigenvalue weighted by atomic mass is 16.4. The van der Waals surface area contributed by atoms with E-state index >= 15 is 0 Å². The average Bonchev–Trinajstić information content (AvgIpc) is 2.57. The fraction of sp³-hybridized carbons (Fsp3) is 0.933. The minimum absolute atomic E-state index is 0.398. The molecule has 0 aromatic carbocycles. The van der Waals surface area contributed by atoms with Crippen LogP contribution in [0.5, 0.6) is 0 Å². The average molecular weight is 255 g/mol. The third-order valence-corrected chi connectivity index (χ3v) is 4.13. The second-order valence-corrected chi connectivity index (χ2v) is 5.93. The molecule has 106 valence electrons. The molecule has 1 fully saturated rings. The monoisotopic (exact) mass is 255 g/mol. The molecular weight excluding hydrogens is 226 g/mol. The molecule has 3 heteroatoms. The minimum Gasteiger partial charge on any atom is -0.480 e. The van der Waals surface area contributed by atoms with Gasteiger partial charge in [-0.05, 0) is 26.2 Å². The fourth-order valence-electron chi connectivity index (χ4n) is 2.84. The van der Waals surface area contributed by atoms with Gasteiger partial charge in [0.05, 0.1) is 0 Å². The summed E-state index contributed by atoms with van der Waals surface area (Å²) in [4.78, 5) is 11.5. The number of rotatable bonds is 7. The Labute approximate surface area is 111 Å². The van der Waals surface area contributed by atoms with Gasteiger partial charge >= 0.3 is 5.97 Å². The number of carboxylic acids is 1. The first-order valence-electron chi connectivity index (χ1n) is 7.59. The number of hydrogen-bond donors (Lipinski definition) is 2. The van der Waals surface area contributed by atoms with Crippen molar-refractivity contribution in [1.29, 1.82) is 0 Å². The van der Waals surface area contributed by atoms with Crippen LogP contribution < -0.4 is 5.32 Å². The van der Waals surface area contributed by atoms with E-state index in [-0.39, 0.29) is 0 Å². The zero-order valence-electron chi connectivity index (χ0n) is 12.0. The van der Waals surface area contributed by atoms with Crippen molar-refractivity contribution in [1.82, 2.24) is 5.32 Å². The molecule has 0 radical (unpaired) electrons. The SMILES string of the molecule is CCCCCC(C)(NC1CCCCCC1)C(=O)O. The van der Waals surface area contributed by atoms with Crippen molar-refractivity contribution in [3.8, 4) is 0 Å². The third kappa shape index (κ3) is 4.97. The maximum atomic E-state index is 11.5. The molecule has 3 nitrogen and oxygen atoms in total. The first-order valence-corrected chi connectivity index (χ1v) is 7.59. The molecule has 0 aromatic heterocycles. The highest BCUT2D eigenvalue weighted by Crippen LogP contribution is 2.22. The second-order valence-electron chi connectivity index (χ2n) is 5.93. The van der Waals surface area contributed by atoms with E-state index in [4.69, 9.17) is 0 Å². The number of nitrogens with one attached hydrogen (secondary N) is 1. The molecular formula is C15H29NO2. The summed E-state index contributed by atoms with van der Waals surface area (Å²) in [6, 6.07) is 0.398. The van der Waals surface area contributed by atoms with E-state index < -0.39 is 11.5 Å². The molecule has 1 atom stereocenters. The van der Waals surface area contributed by atoms with Crippen LogP contribution >= 0.6 is 0 Å². The van der Waals surface area contributed by atoms with Crippen molar-refractivity contribution < 1.29 is 9.90 Å². The van der Waals surface area contributed by atoms with Gasteiger partial charge in [0.1, 0.15) is 5.54 Å². The molecule has 0 aliphatic heterocycles. The smallest absolute Gasteiger partial charge is 0.323 e. The summed E-state index contributed by atoms with van der Waals surface area (Å²) in [5.41, 5.74) is -0.732. The van der Waals surface area contributed by atoms with Crippen LogP contribution in [0.1, 0.15) is 78.1 Å². The molecule has 1 rings (SSSR count). The van der Waals surface area contributed by atoms with Crippen molar-refractivity contribution in [2.24, 2.45) is 0 Å². The lowest BCUT2D eigenvalue weighted by Gasteiger charge is -2.31. The van der Waals surface area contributed by atoms with E-state index in [9.17, 15) is 9.90 Å². The zero-order chi connectivity index (χ0) is 13.4. The molecule has 0 spiro atoms. The van der Waals surface area contributed by atoms with Gasteiger partial charge < -0.3 is 5.11 Å². The highest BCUT2D eigenvalue weighted by Gasteiger charge is 2.34. The van der Waals surface area contributed by atoms with Crippen molar-refractivity contribution in [3.05, 3.63) is 0 Å². The molecule has 0 amide bonds. The zero-order valence-corrected chi connectivity index (χ0v) is 12.0. The number of carboxylic acid groups (broad SMARTS) is 1. The lowest BCUT2D eigenvalue weighted by atomic mass is 9.92. The summed E-state index contributed by atoms with van der Waals surface area (Å²) in [6.45, 7) is 4.01. The van der Waals surface area contributed by atoms with Gasteiger partial charge in [0, 0.05) is 6.04 Å². The van der Waals surface area contributed by atoms with E-state index in [2.05, 4.69) is 12.2 Å². The van der Waals surface area contributed by atoms with Crippen molar-refractivity contribution in [2.45, 2.75) is 89.6 Å². The first-order chi connectivity index (χ1) is 8.58. The van der Waals surface area contributed by atoms with E-state index in [1.165, 1.54) is 25.7 Å². The predicted molar refractivity (Wildman–Crippen MR) is 74.8 cm³/mol. The van der Waals surface area contributed by atoms with E-state index in [1.54, 1.807) is 0 Å². The van der Waals surface area contributed by atoms with Crippen LogP contribution in [0.25, 0.3) is 0 Å². The third-order valence-electron chi connectivity index (χ3n) is 4.13. The number of unbranched alkanes of at least 4 members (excludes halogenated alkanes) is 2. The number of hydrogen-bond acceptors (Lipinski definition) is 2. The maximum absolute atomic E-state index is 11.5. The lowest BCUT2D eigenvalue weighted by Crippen LogP contribution is -2.53. The van der Waals surface area contributed by atoms with Gasteiger partial charge in [0.2, 0.25) is 0 Å². The molecule has 0 saturated heterocycles. The van der Waals surface area contributed by atoms with Crippen LogP contribution in [0, 0.1) is 0 Å². The molecule has 1 aliphatic carbocycles. The summed E-state index contributed by atoms with van der Waals surface area (Å²) in [6.07, 6.45) is 11.4. The standard InChI is InChI=1S/C15H29NO2/c1-3-4-9-12-15(2,14(17)18)16-13-10-7-5-6-8-11-13/h13,16H,3-12H2,1-2H3,(H,17,18). The summed E-state index contributed by atoms with van der Waals surface area (Å²) in [5, 5.41) is 12.9. The quantitative estimate of drug-likeness (QED) is 0.538. The maximum Gasteiger partial charge on any atom is 0.323 e. The second kappa shape index (κ2) is 7.78. The summed E-state index contributed by atoms with van der Waals surface area (Å²) in [5.74, 6) is -0.692. The van der Waals surface area contributed by atoms with Gasteiger partial charge in [-0.2, -0.15) is 0 Å². The van der Waals surface area contributed by atoms with Crippen molar-refractivity contribution in [2.75, 3.05) is 0 Å². The topological polar surface area (TPSA) is 49.3 Å². The van der Waals surface area contributed by atoms with E-state index in [1.807, 2.05) is 6.92 Å². The van der Waals surface area contributed by atoms with Crippen molar-refractivity contribution >= 4 is 5.97 Å². The van der Waals surface area contributed by atoms with E-state index in [0.29, 0.717) is 6.04 Å². The van der Waals surface area contributed by atoms with Gasteiger partial charge in [-0.3, -0.25) is 10.1 Å². The highest BCUT2D eigenvalue weighted by molar-refractivity contribution is 5.78. The van der Waals surface area contributed by atoms with Gasteiger partial charge in [-0.15, -0.1) is 0 Å². The normalized spacial score (nSPS) is 21.2. The Hall–Kier alpha value is -0.570. The number of carbonyl (C=O) groups is 1. The van der Waals surface area contributed by atoms with Gasteiger partial charge in [0.25, 0.3) is 0 Å². The Balaban J connectivity index is 2.51. The van der Waals surface area contributed by atoms with Gasteiger partial charge in [0.15, 0.2) is 0 Å². The molecule has 2 N–H and O–H groups in total. The summed E-state index contributed by atoms with van der Waals surface area (Å²) in [7, 11) is 0. The molecule has 1 saturated carbocycles. The molecule has 1 unspecified atom stereocenters. The molecule has 0 heterocycles. The van der Waals surface area contributed by atoms with Gasteiger partial charge in [-0.25, -0.2) is 0 Å². The molecule has 0 bridgehead atoms. The Bertz CT molecular complexity index is 247. The van der Waals surface area contributed by atoms with Crippen LogP contribution in [0.4, 0.5) is 0 Å². The molecule has 1 aliphatic rings. The summed E-state index contributed by atoms with van der Waals surface area (Å²) < 4.78 is 0. The van der Waals surface area contributed by atoms with Gasteiger partial charge in [-0.1, -0.05) is 51.9 Å². The van der Waals surface area contributed by atoms with Crippen LogP contribution in [-0.4, -0.2) is 22.7 Å². The molecule has 0 aromatic rings. The van der Waals surface area contributed by atoms with Crippen LogP contribution in [0.3, 0.4) is 0 Å². The largest absolute Gasteiger partial charge is 0.480 e. The van der Waals surface area contributed by atoms with Crippen LogP contribution in [-0.2, 0) is 4.79 Å². The Morgan fingerprint density at radius 3 is 2.33 bits per heavy atom.